The molecule has 0 aliphatic heterocycles. The fourth-order valence-corrected chi connectivity index (χ4v) is 5.95. The van der Waals surface area contributed by atoms with Gasteiger partial charge in [-0.1, -0.05) is 0 Å². The number of esters is 1. The Morgan fingerprint density at radius 1 is 1.19 bits per heavy atom. The lowest BCUT2D eigenvalue weighted by Crippen LogP contribution is -2.52. The smallest absolute Gasteiger partial charge is 0.339 e. The molecule has 0 radical (unpaired) electrons. The molecule has 1 unspecified atom stereocenters. The summed E-state index contributed by atoms with van der Waals surface area (Å²) in [6.45, 7) is 1.62. The van der Waals surface area contributed by atoms with Crippen LogP contribution < -0.4 is 5.73 Å². The predicted octanol–water partition coefficient (Wildman–Crippen LogP) is 3.51. The number of benzene rings is 1. The van der Waals surface area contributed by atoms with E-state index in [0.717, 1.165) is 25.3 Å². The van der Waals surface area contributed by atoms with E-state index in [-0.39, 0.29) is 28.1 Å². The lowest BCUT2D eigenvalue weighted by Gasteiger charge is -2.56. The van der Waals surface area contributed by atoms with Gasteiger partial charge in [0.1, 0.15) is 5.69 Å². The number of nitrogens with zero attached hydrogens (tertiary/aromatic N) is 1. The molecule has 0 saturated heterocycles. The minimum atomic E-state index is -0.856. The molecule has 0 amide bonds. The highest BCUT2D eigenvalue weighted by Gasteiger charge is 2.55. The number of nitro groups is 1. The second-order valence-corrected chi connectivity index (χ2v) is 8.64. The number of ketones is 1. The molecule has 1 aromatic carbocycles. The van der Waals surface area contributed by atoms with Gasteiger partial charge in [0.15, 0.2) is 11.9 Å². The van der Waals surface area contributed by atoms with Gasteiger partial charge in [-0.2, -0.15) is 0 Å². The molecule has 4 saturated carbocycles. The number of nitrogens with two attached hydrogens (primary N) is 1. The van der Waals surface area contributed by atoms with Crippen LogP contribution in [0, 0.1) is 33.3 Å². The van der Waals surface area contributed by atoms with Crippen LogP contribution in [0.2, 0.25) is 0 Å². The first kappa shape index (κ1) is 17.9. The Kier molecular flexibility index (Phi) is 4.20. The highest BCUT2D eigenvalue weighted by Crippen LogP contribution is 2.60. The summed E-state index contributed by atoms with van der Waals surface area (Å²) in [5.41, 5.74) is 4.88. The molecule has 4 aliphatic rings. The maximum Gasteiger partial charge on any atom is 0.339 e. The zero-order valence-electron chi connectivity index (χ0n) is 15.3. The Hall–Kier alpha value is -2.44. The zero-order valence-corrected chi connectivity index (χ0v) is 15.3. The molecular weight excluding hydrogens is 348 g/mol. The van der Waals surface area contributed by atoms with Crippen LogP contribution in [0.15, 0.2) is 18.2 Å². The third kappa shape index (κ3) is 3.09. The first-order valence-corrected chi connectivity index (χ1v) is 9.56. The van der Waals surface area contributed by atoms with Gasteiger partial charge >= 0.3 is 5.97 Å². The number of carbonyl (C=O) groups excluding carboxylic acids is 2. The number of nitro benzene ring substituents is 1. The third-order valence-corrected chi connectivity index (χ3v) is 6.68. The molecule has 144 valence electrons. The molecule has 4 fully saturated rings. The van der Waals surface area contributed by atoms with Crippen LogP contribution in [0.1, 0.15) is 55.8 Å². The maximum atomic E-state index is 13.2. The van der Waals surface area contributed by atoms with Gasteiger partial charge in [-0.25, -0.2) is 4.79 Å². The molecule has 0 aromatic heterocycles. The lowest BCUT2D eigenvalue weighted by atomic mass is 9.48. The molecule has 1 aromatic rings. The molecule has 4 bridgehead atoms. The van der Waals surface area contributed by atoms with Crippen LogP contribution in [0.25, 0.3) is 0 Å². The lowest BCUT2D eigenvalue weighted by molar-refractivity contribution is -0.383. The molecule has 7 heteroatoms. The normalized spacial score (nSPS) is 32.1. The van der Waals surface area contributed by atoms with E-state index < -0.39 is 17.0 Å². The summed E-state index contributed by atoms with van der Waals surface area (Å²) >= 11 is 0. The second kappa shape index (κ2) is 6.32. The monoisotopic (exact) mass is 372 g/mol. The van der Waals surface area contributed by atoms with Crippen molar-refractivity contribution in [2.24, 2.45) is 23.2 Å². The molecule has 2 N–H and O–H groups in total. The number of hydrogen-bond donors (Lipinski definition) is 1. The molecule has 1 atom stereocenters. The van der Waals surface area contributed by atoms with E-state index in [1.54, 1.807) is 6.92 Å². The zero-order chi connectivity index (χ0) is 19.3. The standard InChI is InChI=1S/C20H24N2O5/c1-11(27-19(24)15-2-3-16(21)17(7-15)22(25)26)18(23)20-8-12-4-13(9-20)6-14(5-12)10-20/h2-3,7,11-14H,4-6,8-10,21H2,1H3. The average Bonchev–Trinajstić information content (AvgIpc) is 2.59. The average molecular weight is 372 g/mol. The molecule has 7 nitrogen and oxygen atoms in total. The van der Waals surface area contributed by atoms with E-state index in [9.17, 15) is 19.7 Å². The maximum absolute atomic E-state index is 13.2. The van der Waals surface area contributed by atoms with Gasteiger partial charge in [0.2, 0.25) is 0 Å². The van der Waals surface area contributed by atoms with Crippen molar-refractivity contribution in [1.82, 2.24) is 0 Å². The fourth-order valence-electron chi connectivity index (χ4n) is 5.95. The first-order valence-electron chi connectivity index (χ1n) is 9.56. The Balaban J connectivity index is 1.48. The van der Waals surface area contributed by atoms with E-state index in [2.05, 4.69) is 0 Å². The minimum Gasteiger partial charge on any atom is -0.451 e. The van der Waals surface area contributed by atoms with Crippen LogP contribution in [0.5, 0.6) is 0 Å². The molecule has 0 spiro atoms. The fraction of sp³-hybridized carbons (Fsp3) is 0.600. The summed E-state index contributed by atoms with van der Waals surface area (Å²) in [7, 11) is 0. The summed E-state index contributed by atoms with van der Waals surface area (Å²) in [6, 6.07) is 3.78. The second-order valence-electron chi connectivity index (χ2n) is 8.64. The van der Waals surface area contributed by atoms with Gasteiger partial charge in [0, 0.05) is 11.5 Å². The van der Waals surface area contributed by atoms with Crippen LogP contribution in [-0.4, -0.2) is 22.8 Å². The molecule has 0 heterocycles. The van der Waals surface area contributed by atoms with Crippen molar-refractivity contribution in [3.63, 3.8) is 0 Å². The molecule has 4 aliphatic carbocycles. The van der Waals surface area contributed by atoms with Crippen molar-refractivity contribution in [3.8, 4) is 0 Å². The largest absolute Gasteiger partial charge is 0.451 e. The minimum absolute atomic E-state index is 0.0138. The van der Waals surface area contributed by atoms with Crippen LogP contribution in [-0.2, 0) is 9.53 Å². The third-order valence-electron chi connectivity index (χ3n) is 6.68. The highest BCUT2D eigenvalue weighted by atomic mass is 16.6. The molecule has 5 rings (SSSR count). The van der Waals surface area contributed by atoms with Crippen molar-refractivity contribution < 1.29 is 19.2 Å². The van der Waals surface area contributed by atoms with E-state index in [4.69, 9.17) is 10.5 Å². The van der Waals surface area contributed by atoms with Crippen LogP contribution >= 0.6 is 0 Å². The first-order chi connectivity index (χ1) is 12.8. The van der Waals surface area contributed by atoms with E-state index in [1.165, 1.54) is 31.4 Å². The van der Waals surface area contributed by atoms with Crippen molar-refractivity contribution in [1.29, 1.82) is 0 Å². The topological polar surface area (TPSA) is 113 Å². The quantitative estimate of drug-likeness (QED) is 0.366. The number of rotatable bonds is 5. The van der Waals surface area contributed by atoms with E-state index in [1.807, 2.05) is 0 Å². The van der Waals surface area contributed by atoms with Crippen molar-refractivity contribution in [3.05, 3.63) is 33.9 Å². The number of carbonyl (C=O) groups is 2. The molecular formula is C20H24N2O5. The Bertz CT molecular complexity index is 783. The van der Waals surface area contributed by atoms with Crippen molar-refractivity contribution in [2.75, 3.05) is 5.73 Å². The van der Waals surface area contributed by atoms with Crippen LogP contribution in [0.4, 0.5) is 11.4 Å². The van der Waals surface area contributed by atoms with E-state index in [0.29, 0.717) is 17.8 Å². The summed E-state index contributed by atoms with van der Waals surface area (Å²) in [6.07, 6.45) is 5.57. The van der Waals surface area contributed by atoms with E-state index >= 15 is 0 Å². The Morgan fingerprint density at radius 3 is 2.26 bits per heavy atom. The number of anilines is 1. The number of nitrogen functional groups attached to an aromatic ring is 1. The number of hydrogen-bond acceptors (Lipinski definition) is 6. The highest BCUT2D eigenvalue weighted by molar-refractivity contribution is 5.95. The predicted molar refractivity (Wildman–Crippen MR) is 98.0 cm³/mol. The number of Topliss-reactive ketones (excluding diaryl/α,β-unsaturated/α-hetero) is 1. The summed E-state index contributed by atoms with van der Waals surface area (Å²) < 4.78 is 5.41. The summed E-state index contributed by atoms with van der Waals surface area (Å²) in [4.78, 5) is 36.0. The summed E-state index contributed by atoms with van der Waals surface area (Å²) in [5.74, 6) is 1.16. The van der Waals surface area contributed by atoms with Crippen molar-refractivity contribution >= 4 is 23.1 Å². The van der Waals surface area contributed by atoms with Gasteiger partial charge in [-0.3, -0.25) is 14.9 Å². The Morgan fingerprint density at radius 2 is 1.74 bits per heavy atom. The van der Waals surface area contributed by atoms with Gasteiger partial charge in [0.05, 0.1) is 10.5 Å². The van der Waals surface area contributed by atoms with Gasteiger partial charge in [-0.15, -0.1) is 0 Å². The van der Waals surface area contributed by atoms with Gasteiger partial charge < -0.3 is 10.5 Å². The Labute approximate surface area is 157 Å². The van der Waals surface area contributed by atoms with Crippen LogP contribution in [0.3, 0.4) is 0 Å². The SMILES string of the molecule is CC(OC(=O)c1ccc(N)c([N+](=O)[O-])c1)C(=O)C12CC3CC(CC(C3)C1)C2. The van der Waals surface area contributed by atoms with Gasteiger partial charge in [0.25, 0.3) is 5.69 Å². The number of ether oxygens (including phenoxy) is 1. The van der Waals surface area contributed by atoms with Crippen molar-refractivity contribution in [2.45, 2.75) is 51.6 Å². The summed E-state index contributed by atoms with van der Waals surface area (Å²) in [5, 5.41) is 11.0. The van der Waals surface area contributed by atoms with Gasteiger partial charge in [-0.05, 0) is 75.3 Å². The molecule has 27 heavy (non-hydrogen) atoms.